The van der Waals surface area contributed by atoms with E-state index in [1.807, 2.05) is 0 Å². The molecule has 2 aromatic rings. The van der Waals surface area contributed by atoms with Crippen LogP contribution in [0.15, 0.2) is 12.4 Å². The van der Waals surface area contributed by atoms with Gasteiger partial charge in [-0.1, -0.05) is 5.21 Å². The van der Waals surface area contributed by atoms with E-state index in [2.05, 4.69) is 20.1 Å². The quantitative estimate of drug-likeness (QED) is 0.789. The third-order valence-electron chi connectivity index (χ3n) is 2.42. The Bertz CT molecular complexity index is 631. The number of hydrogen-bond donors (Lipinski definition) is 0. The van der Waals surface area contributed by atoms with E-state index in [0.29, 0.717) is 10.2 Å². The van der Waals surface area contributed by atoms with E-state index < -0.39 is 18.7 Å². The average molecular weight is 289 g/mol. The van der Waals surface area contributed by atoms with Crippen molar-refractivity contribution in [2.75, 3.05) is 7.11 Å². The maximum Gasteiger partial charge on any atom is 0.408 e. The molecule has 2 rings (SSSR count). The third-order valence-corrected chi connectivity index (χ3v) is 2.42. The lowest BCUT2D eigenvalue weighted by molar-refractivity contribution is -0.142. The molecule has 2 aromatic heterocycles. The molecule has 0 spiro atoms. The van der Waals surface area contributed by atoms with E-state index in [-0.39, 0.29) is 11.4 Å². The Hall–Kier alpha value is -2.39. The normalized spacial score (nSPS) is 11.7. The number of aryl methyl sites for hydroxylation is 1. The molecule has 20 heavy (non-hydrogen) atoms. The van der Waals surface area contributed by atoms with E-state index in [1.165, 1.54) is 17.1 Å². The first-order chi connectivity index (χ1) is 9.31. The first kappa shape index (κ1) is 14.0. The van der Waals surface area contributed by atoms with E-state index in [4.69, 9.17) is 0 Å². The molecule has 0 saturated carbocycles. The molecule has 0 aliphatic rings. The highest BCUT2D eigenvalue weighted by atomic mass is 19.4. The summed E-state index contributed by atoms with van der Waals surface area (Å²) in [4.78, 5) is 11.5. The van der Waals surface area contributed by atoms with Gasteiger partial charge in [-0.2, -0.15) is 18.3 Å². The minimum absolute atomic E-state index is 0.0812. The summed E-state index contributed by atoms with van der Waals surface area (Å²) in [7, 11) is 2.71. The lowest BCUT2D eigenvalue weighted by Crippen LogP contribution is -2.19. The van der Waals surface area contributed by atoms with Crippen LogP contribution in [0.2, 0.25) is 0 Å². The van der Waals surface area contributed by atoms with Gasteiger partial charge in [-0.25, -0.2) is 9.48 Å². The molecule has 0 amide bonds. The van der Waals surface area contributed by atoms with Gasteiger partial charge in [0.25, 0.3) is 0 Å². The predicted octanol–water partition coefficient (Wildman–Crippen LogP) is 1.03. The van der Waals surface area contributed by atoms with Crippen molar-refractivity contribution in [1.82, 2.24) is 24.8 Å². The molecular formula is C10H10F3N5O2. The Morgan fingerprint density at radius 2 is 2.15 bits per heavy atom. The van der Waals surface area contributed by atoms with Gasteiger partial charge in [0.15, 0.2) is 5.69 Å². The van der Waals surface area contributed by atoms with Crippen LogP contribution in [0.25, 0.3) is 11.3 Å². The molecule has 0 radical (unpaired) electrons. The smallest absolute Gasteiger partial charge is 0.408 e. The van der Waals surface area contributed by atoms with Crippen LogP contribution in [0.5, 0.6) is 0 Å². The zero-order valence-corrected chi connectivity index (χ0v) is 10.5. The molecule has 0 saturated heterocycles. The van der Waals surface area contributed by atoms with Gasteiger partial charge in [0.1, 0.15) is 12.2 Å². The first-order valence-electron chi connectivity index (χ1n) is 5.39. The average Bonchev–Trinajstić information content (AvgIpc) is 2.92. The highest BCUT2D eigenvalue weighted by Gasteiger charge is 2.32. The van der Waals surface area contributed by atoms with Gasteiger partial charge in [-0.3, -0.25) is 4.68 Å². The van der Waals surface area contributed by atoms with Gasteiger partial charge < -0.3 is 4.74 Å². The summed E-state index contributed by atoms with van der Waals surface area (Å²) < 4.78 is 44.0. The van der Waals surface area contributed by atoms with Crippen molar-refractivity contribution >= 4 is 5.97 Å². The first-order valence-corrected chi connectivity index (χ1v) is 5.39. The molecule has 0 fully saturated rings. The van der Waals surface area contributed by atoms with Crippen LogP contribution in [0.3, 0.4) is 0 Å². The van der Waals surface area contributed by atoms with Crippen LogP contribution in [-0.4, -0.2) is 44.0 Å². The second-order valence-electron chi connectivity index (χ2n) is 3.95. The highest BCUT2D eigenvalue weighted by molar-refractivity contribution is 5.93. The van der Waals surface area contributed by atoms with Crippen molar-refractivity contribution in [3.63, 3.8) is 0 Å². The summed E-state index contributed by atoms with van der Waals surface area (Å²) in [5.74, 6) is -0.864. The van der Waals surface area contributed by atoms with E-state index >= 15 is 0 Å². The van der Waals surface area contributed by atoms with Crippen LogP contribution < -0.4 is 0 Å². The Labute approximate surface area is 110 Å². The highest BCUT2D eigenvalue weighted by Crippen LogP contribution is 2.26. The second-order valence-corrected chi connectivity index (χ2v) is 3.95. The topological polar surface area (TPSA) is 74.8 Å². The largest absolute Gasteiger partial charge is 0.464 e. The van der Waals surface area contributed by atoms with Crippen LogP contribution in [0.1, 0.15) is 10.5 Å². The van der Waals surface area contributed by atoms with Gasteiger partial charge in [-0.15, -0.1) is 5.10 Å². The monoisotopic (exact) mass is 289 g/mol. The standard InChI is InChI=1S/C10H10F3N5O2/c1-17-4-6(3-14-17)8-7(9(19)20-2)15-16-18(8)5-10(11,12)13/h3-4H,5H2,1-2H3. The minimum atomic E-state index is -4.49. The molecule has 0 aliphatic heterocycles. The van der Waals surface area contributed by atoms with Crippen molar-refractivity contribution in [2.45, 2.75) is 12.7 Å². The number of alkyl halides is 3. The summed E-state index contributed by atoms with van der Waals surface area (Å²) in [5.41, 5.74) is -0.0748. The Morgan fingerprint density at radius 1 is 1.45 bits per heavy atom. The Morgan fingerprint density at radius 3 is 2.65 bits per heavy atom. The summed E-state index contributed by atoms with van der Waals surface area (Å²) >= 11 is 0. The maximum absolute atomic E-state index is 12.5. The van der Waals surface area contributed by atoms with E-state index in [0.717, 1.165) is 7.11 Å². The maximum atomic E-state index is 12.5. The summed E-state index contributed by atoms with van der Waals surface area (Å²) in [6.07, 6.45) is -1.71. The number of esters is 1. The Balaban J connectivity index is 2.54. The molecule has 0 unspecified atom stereocenters. The summed E-state index contributed by atoms with van der Waals surface area (Å²) in [5, 5.41) is 10.7. The van der Waals surface area contributed by atoms with Gasteiger partial charge in [0.2, 0.25) is 0 Å². The van der Waals surface area contributed by atoms with Crippen molar-refractivity contribution in [2.24, 2.45) is 7.05 Å². The molecule has 0 aliphatic carbocycles. The SMILES string of the molecule is COC(=O)c1nnn(CC(F)(F)F)c1-c1cnn(C)c1. The van der Waals surface area contributed by atoms with Crippen LogP contribution in [0, 0.1) is 0 Å². The number of carbonyl (C=O) groups is 1. The molecule has 7 nitrogen and oxygen atoms in total. The fraction of sp³-hybridized carbons (Fsp3) is 0.400. The van der Waals surface area contributed by atoms with E-state index in [1.54, 1.807) is 7.05 Å². The Kier molecular flexibility index (Phi) is 3.47. The molecule has 2 heterocycles. The van der Waals surface area contributed by atoms with Crippen LogP contribution in [-0.2, 0) is 18.3 Å². The molecule has 108 valence electrons. The molecule has 0 aromatic carbocycles. The van der Waals surface area contributed by atoms with Crippen LogP contribution in [0.4, 0.5) is 13.2 Å². The molecule has 0 bridgehead atoms. The number of aromatic nitrogens is 5. The second kappa shape index (κ2) is 4.94. The third kappa shape index (κ3) is 2.78. The minimum Gasteiger partial charge on any atom is -0.464 e. The number of halogens is 3. The number of hydrogen-bond acceptors (Lipinski definition) is 5. The van der Waals surface area contributed by atoms with Gasteiger partial charge in [0.05, 0.1) is 13.3 Å². The van der Waals surface area contributed by atoms with Crippen LogP contribution >= 0.6 is 0 Å². The molecule has 0 atom stereocenters. The predicted molar refractivity (Wildman–Crippen MR) is 59.6 cm³/mol. The molecular weight excluding hydrogens is 279 g/mol. The number of ether oxygens (including phenoxy) is 1. The zero-order valence-electron chi connectivity index (χ0n) is 10.5. The summed E-state index contributed by atoms with van der Waals surface area (Å²) in [6.45, 7) is -1.36. The van der Waals surface area contributed by atoms with Gasteiger partial charge in [-0.05, 0) is 0 Å². The van der Waals surface area contributed by atoms with Crippen molar-refractivity contribution in [1.29, 1.82) is 0 Å². The number of methoxy groups -OCH3 is 1. The summed E-state index contributed by atoms with van der Waals surface area (Å²) in [6, 6.07) is 0. The van der Waals surface area contributed by atoms with Gasteiger partial charge >= 0.3 is 12.1 Å². The number of nitrogens with zero attached hydrogens (tertiary/aromatic N) is 5. The molecule has 0 N–H and O–H groups in total. The lowest BCUT2D eigenvalue weighted by Gasteiger charge is -2.08. The van der Waals surface area contributed by atoms with E-state index in [9.17, 15) is 18.0 Å². The van der Waals surface area contributed by atoms with Crippen molar-refractivity contribution in [3.05, 3.63) is 18.1 Å². The number of carbonyl (C=O) groups excluding carboxylic acids is 1. The van der Waals surface area contributed by atoms with Gasteiger partial charge in [0, 0.05) is 18.8 Å². The fourth-order valence-electron chi connectivity index (χ4n) is 1.66. The van der Waals surface area contributed by atoms with Crippen molar-refractivity contribution in [3.8, 4) is 11.3 Å². The lowest BCUT2D eigenvalue weighted by atomic mass is 10.2. The molecule has 10 heteroatoms. The zero-order chi connectivity index (χ0) is 14.9. The fourth-order valence-corrected chi connectivity index (χ4v) is 1.66. The number of rotatable bonds is 3. The van der Waals surface area contributed by atoms with Crippen molar-refractivity contribution < 1.29 is 22.7 Å².